The molecule has 0 amide bonds. The Hall–Kier alpha value is -2.34. The highest BCUT2D eigenvalue weighted by Gasteiger charge is 2.12. The molecule has 0 unspecified atom stereocenters. The predicted octanol–water partition coefficient (Wildman–Crippen LogP) is 2.61. The Morgan fingerprint density at radius 3 is 2.77 bits per heavy atom. The highest BCUT2D eigenvalue weighted by atomic mass is 32.2. The van der Waals surface area contributed by atoms with Crippen LogP contribution in [-0.2, 0) is 7.05 Å². The molecule has 0 spiro atoms. The van der Waals surface area contributed by atoms with Crippen molar-refractivity contribution in [3.05, 3.63) is 46.4 Å². The molecule has 0 aliphatic heterocycles. The van der Waals surface area contributed by atoms with Gasteiger partial charge in [0.1, 0.15) is 5.52 Å². The topological polar surface area (TPSA) is 73.8 Å². The molecule has 3 rings (SSSR count). The van der Waals surface area contributed by atoms with E-state index in [0.717, 1.165) is 22.2 Å². The number of benzene rings is 1. The zero-order valence-electron chi connectivity index (χ0n) is 12.6. The van der Waals surface area contributed by atoms with Gasteiger partial charge in [0.25, 0.3) is 5.56 Å². The van der Waals surface area contributed by atoms with E-state index in [-0.39, 0.29) is 5.56 Å². The number of nitrogen functional groups attached to an aromatic ring is 1. The minimum Gasteiger partial charge on any atom is -0.399 e. The van der Waals surface area contributed by atoms with Crippen LogP contribution in [0.2, 0.25) is 0 Å². The van der Waals surface area contributed by atoms with Crippen LogP contribution in [0.25, 0.3) is 22.2 Å². The lowest BCUT2D eigenvalue weighted by Gasteiger charge is -2.13. The van der Waals surface area contributed by atoms with Crippen molar-refractivity contribution >= 4 is 28.4 Å². The first kappa shape index (κ1) is 14.6. The summed E-state index contributed by atoms with van der Waals surface area (Å²) in [5, 5.41) is 1.33. The summed E-state index contributed by atoms with van der Waals surface area (Å²) in [7, 11) is 1.75. The maximum Gasteiger partial charge on any atom is 0.277 e. The SMILES string of the molecule is CSc1ncc2cc(-c3cc(N)ccc3C)n(C)c(=O)c2n1. The van der Waals surface area contributed by atoms with E-state index in [1.165, 1.54) is 11.8 Å². The molecule has 0 radical (unpaired) electrons. The maximum absolute atomic E-state index is 12.6. The first-order chi connectivity index (χ1) is 10.5. The van der Waals surface area contributed by atoms with E-state index < -0.39 is 0 Å². The van der Waals surface area contributed by atoms with Gasteiger partial charge in [-0.15, -0.1) is 0 Å². The lowest BCUT2D eigenvalue weighted by atomic mass is 10.0. The van der Waals surface area contributed by atoms with Crippen LogP contribution in [0.4, 0.5) is 5.69 Å². The standard InChI is InChI=1S/C16H16N4OS/c1-9-4-5-11(17)7-12(9)13-6-10-8-18-16(22-3)19-14(10)15(21)20(13)2/h4-8H,17H2,1-3H3. The summed E-state index contributed by atoms with van der Waals surface area (Å²) < 4.78 is 1.61. The van der Waals surface area contributed by atoms with Gasteiger partial charge in [-0.2, -0.15) is 0 Å². The molecule has 0 fully saturated rings. The second-order valence-electron chi connectivity index (χ2n) is 5.13. The van der Waals surface area contributed by atoms with Crippen LogP contribution in [0.3, 0.4) is 0 Å². The molecule has 0 aliphatic rings. The van der Waals surface area contributed by atoms with Gasteiger partial charge in [0, 0.05) is 29.9 Å². The minimum atomic E-state index is -0.132. The van der Waals surface area contributed by atoms with Gasteiger partial charge < -0.3 is 10.3 Å². The largest absolute Gasteiger partial charge is 0.399 e. The normalized spacial score (nSPS) is 11.0. The molecule has 0 saturated heterocycles. The van der Waals surface area contributed by atoms with E-state index in [2.05, 4.69) is 9.97 Å². The van der Waals surface area contributed by atoms with E-state index in [1.54, 1.807) is 17.8 Å². The van der Waals surface area contributed by atoms with Gasteiger partial charge in [0.2, 0.25) is 0 Å². The Balaban J connectivity index is 2.34. The van der Waals surface area contributed by atoms with Crippen LogP contribution in [0.15, 0.2) is 40.4 Å². The Morgan fingerprint density at radius 1 is 1.27 bits per heavy atom. The van der Waals surface area contributed by atoms with Crippen LogP contribution < -0.4 is 11.3 Å². The van der Waals surface area contributed by atoms with E-state index in [4.69, 9.17) is 5.73 Å². The Bertz CT molecular complexity index is 933. The van der Waals surface area contributed by atoms with Crippen molar-refractivity contribution in [2.45, 2.75) is 12.1 Å². The zero-order valence-corrected chi connectivity index (χ0v) is 13.4. The second-order valence-corrected chi connectivity index (χ2v) is 5.90. The van der Waals surface area contributed by atoms with E-state index in [0.29, 0.717) is 16.4 Å². The van der Waals surface area contributed by atoms with Crippen molar-refractivity contribution in [1.29, 1.82) is 0 Å². The molecule has 1 aromatic carbocycles. The summed E-state index contributed by atoms with van der Waals surface area (Å²) in [4.78, 5) is 21.2. The van der Waals surface area contributed by atoms with Crippen LogP contribution in [0.5, 0.6) is 0 Å². The summed E-state index contributed by atoms with van der Waals surface area (Å²) in [6.45, 7) is 2.00. The molecule has 112 valence electrons. The van der Waals surface area contributed by atoms with E-state index in [1.807, 2.05) is 37.4 Å². The molecule has 2 aromatic heterocycles. The number of hydrogen-bond donors (Lipinski definition) is 1. The average Bonchev–Trinajstić information content (AvgIpc) is 2.53. The van der Waals surface area contributed by atoms with E-state index in [9.17, 15) is 4.79 Å². The fourth-order valence-electron chi connectivity index (χ4n) is 2.44. The third kappa shape index (κ3) is 2.35. The molecule has 5 nitrogen and oxygen atoms in total. The second kappa shape index (κ2) is 5.46. The number of thioether (sulfide) groups is 1. The summed E-state index contributed by atoms with van der Waals surface area (Å²) in [6.07, 6.45) is 3.58. The number of nitrogens with zero attached hydrogens (tertiary/aromatic N) is 3. The molecule has 2 N–H and O–H groups in total. The number of anilines is 1. The number of nitrogens with two attached hydrogens (primary N) is 1. The third-order valence-corrected chi connectivity index (χ3v) is 4.24. The van der Waals surface area contributed by atoms with Gasteiger partial charge in [0.15, 0.2) is 5.16 Å². The molecule has 6 heteroatoms. The summed E-state index contributed by atoms with van der Waals surface area (Å²) in [6, 6.07) is 7.62. The number of hydrogen-bond acceptors (Lipinski definition) is 5. The predicted molar refractivity (Wildman–Crippen MR) is 91.1 cm³/mol. The van der Waals surface area contributed by atoms with E-state index >= 15 is 0 Å². The highest BCUT2D eigenvalue weighted by Crippen LogP contribution is 2.26. The van der Waals surface area contributed by atoms with Crippen molar-refractivity contribution in [1.82, 2.24) is 14.5 Å². The Morgan fingerprint density at radius 2 is 2.05 bits per heavy atom. The van der Waals surface area contributed by atoms with Crippen LogP contribution >= 0.6 is 11.8 Å². The number of aryl methyl sites for hydroxylation is 1. The summed E-state index contributed by atoms with van der Waals surface area (Å²) in [5.74, 6) is 0. The summed E-state index contributed by atoms with van der Waals surface area (Å²) in [5.41, 5.74) is 9.67. The molecule has 0 atom stereocenters. The lowest BCUT2D eigenvalue weighted by Crippen LogP contribution is -2.20. The monoisotopic (exact) mass is 312 g/mol. The average molecular weight is 312 g/mol. The molecule has 3 aromatic rings. The number of fused-ring (bicyclic) bond motifs is 1. The number of pyridine rings is 1. The maximum atomic E-state index is 12.6. The fraction of sp³-hybridized carbons (Fsp3) is 0.188. The molecule has 0 aliphatic carbocycles. The molecule has 0 saturated carbocycles. The molecular weight excluding hydrogens is 296 g/mol. The van der Waals surface area contributed by atoms with Gasteiger partial charge in [-0.1, -0.05) is 17.8 Å². The Kier molecular flexibility index (Phi) is 3.62. The molecular formula is C16H16N4OS. The molecule has 22 heavy (non-hydrogen) atoms. The third-order valence-electron chi connectivity index (χ3n) is 3.68. The fourth-order valence-corrected chi connectivity index (χ4v) is 2.78. The smallest absolute Gasteiger partial charge is 0.277 e. The van der Waals surface area contributed by atoms with Crippen LogP contribution in [-0.4, -0.2) is 20.8 Å². The quantitative estimate of drug-likeness (QED) is 0.447. The van der Waals surface area contributed by atoms with Gasteiger partial charge in [-0.3, -0.25) is 4.79 Å². The van der Waals surface area contributed by atoms with Crippen molar-refractivity contribution in [2.75, 3.05) is 12.0 Å². The van der Waals surface area contributed by atoms with Crippen LogP contribution in [0, 0.1) is 6.92 Å². The van der Waals surface area contributed by atoms with Gasteiger partial charge in [-0.25, -0.2) is 9.97 Å². The van der Waals surface area contributed by atoms with Crippen LogP contribution in [0.1, 0.15) is 5.56 Å². The van der Waals surface area contributed by atoms with Crippen molar-refractivity contribution in [3.63, 3.8) is 0 Å². The molecule has 0 bridgehead atoms. The van der Waals surface area contributed by atoms with Gasteiger partial charge >= 0.3 is 0 Å². The Labute approximate surface area is 132 Å². The lowest BCUT2D eigenvalue weighted by molar-refractivity contribution is 0.869. The van der Waals surface area contributed by atoms with Crippen molar-refractivity contribution in [3.8, 4) is 11.3 Å². The first-order valence-electron chi connectivity index (χ1n) is 6.78. The highest BCUT2D eigenvalue weighted by molar-refractivity contribution is 7.98. The van der Waals surface area contributed by atoms with Gasteiger partial charge in [-0.05, 0) is 36.9 Å². The number of rotatable bonds is 2. The minimum absolute atomic E-state index is 0.132. The summed E-state index contributed by atoms with van der Waals surface area (Å²) >= 11 is 1.42. The first-order valence-corrected chi connectivity index (χ1v) is 8.01. The molecule has 2 heterocycles. The van der Waals surface area contributed by atoms with Crippen molar-refractivity contribution < 1.29 is 0 Å². The number of aromatic nitrogens is 3. The van der Waals surface area contributed by atoms with Gasteiger partial charge in [0.05, 0.1) is 5.69 Å². The zero-order chi connectivity index (χ0) is 15.9. The van der Waals surface area contributed by atoms with Crippen molar-refractivity contribution in [2.24, 2.45) is 7.05 Å².